The summed E-state index contributed by atoms with van der Waals surface area (Å²) in [5.74, 6) is 6.74. The highest BCUT2D eigenvalue weighted by Gasteiger charge is 2.15. The van der Waals surface area contributed by atoms with Crippen LogP contribution in [0.1, 0.15) is 16.7 Å². The Kier molecular flexibility index (Phi) is 4.34. The van der Waals surface area contributed by atoms with E-state index in [1.807, 2.05) is 0 Å². The molecule has 6 heteroatoms. The van der Waals surface area contributed by atoms with Crippen LogP contribution in [0.25, 0.3) is 11.4 Å². The average Bonchev–Trinajstić information content (AvgIpc) is 2.90. The minimum Gasteiger partial charge on any atom is -0.335 e. The van der Waals surface area contributed by atoms with E-state index in [0.29, 0.717) is 16.5 Å². The van der Waals surface area contributed by atoms with Gasteiger partial charge in [0.2, 0.25) is 5.16 Å². The Morgan fingerprint density at radius 1 is 1.13 bits per heavy atom. The molecule has 1 heterocycles. The van der Waals surface area contributed by atoms with Crippen molar-refractivity contribution in [2.24, 2.45) is 0 Å². The molecule has 1 aromatic heterocycles. The van der Waals surface area contributed by atoms with Gasteiger partial charge in [-0.2, -0.15) is 0 Å². The van der Waals surface area contributed by atoms with Gasteiger partial charge >= 0.3 is 0 Å². The molecule has 0 aliphatic carbocycles. The van der Waals surface area contributed by atoms with E-state index in [4.69, 9.17) is 5.84 Å². The van der Waals surface area contributed by atoms with Crippen LogP contribution < -0.4 is 5.84 Å². The molecule has 0 amide bonds. The van der Waals surface area contributed by atoms with E-state index < -0.39 is 0 Å². The molecule has 0 unspecified atom stereocenters. The lowest BCUT2D eigenvalue weighted by Crippen LogP contribution is -2.12. The van der Waals surface area contributed by atoms with Crippen molar-refractivity contribution in [3.05, 3.63) is 65.0 Å². The maximum Gasteiger partial charge on any atom is 0.210 e. The monoisotopic (exact) mass is 328 g/mol. The van der Waals surface area contributed by atoms with Crippen LogP contribution in [0.2, 0.25) is 0 Å². The summed E-state index contributed by atoms with van der Waals surface area (Å²) < 4.78 is 15.2. The second-order valence-corrected chi connectivity index (χ2v) is 6.32. The lowest BCUT2D eigenvalue weighted by Gasteiger charge is -2.07. The van der Waals surface area contributed by atoms with E-state index in [-0.39, 0.29) is 5.82 Å². The molecule has 0 aliphatic rings. The summed E-state index contributed by atoms with van der Waals surface area (Å²) in [6.45, 7) is 4.14. The molecule has 0 saturated carbocycles. The van der Waals surface area contributed by atoms with Crippen molar-refractivity contribution >= 4 is 11.8 Å². The number of hydrogen-bond acceptors (Lipinski definition) is 4. The molecule has 0 spiro atoms. The Morgan fingerprint density at radius 2 is 1.91 bits per heavy atom. The predicted molar refractivity (Wildman–Crippen MR) is 91.0 cm³/mol. The van der Waals surface area contributed by atoms with Crippen LogP contribution in [-0.2, 0) is 5.75 Å². The highest BCUT2D eigenvalue weighted by Crippen LogP contribution is 2.26. The van der Waals surface area contributed by atoms with Crippen LogP contribution in [-0.4, -0.2) is 14.9 Å². The fourth-order valence-corrected chi connectivity index (χ4v) is 3.22. The number of nitrogen functional groups attached to an aromatic ring is 1. The molecule has 0 atom stereocenters. The Labute approximate surface area is 138 Å². The first kappa shape index (κ1) is 15.6. The second kappa shape index (κ2) is 6.42. The van der Waals surface area contributed by atoms with E-state index in [0.717, 1.165) is 5.75 Å². The average molecular weight is 328 g/mol. The molecule has 118 valence electrons. The van der Waals surface area contributed by atoms with Crippen LogP contribution in [0.4, 0.5) is 4.39 Å². The van der Waals surface area contributed by atoms with Crippen LogP contribution in [0, 0.1) is 19.7 Å². The fraction of sp³-hybridized carbons (Fsp3) is 0.176. The Bertz CT molecular complexity index is 844. The molecule has 4 nitrogen and oxygen atoms in total. The van der Waals surface area contributed by atoms with E-state index >= 15 is 0 Å². The molecular formula is C17H17FN4S. The summed E-state index contributed by atoms with van der Waals surface area (Å²) in [5, 5.41) is 8.67. The molecule has 2 aromatic carbocycles. The normalized spacial score (nSPS) is 10.9. The van der Waals surface area contributed by atoms with Gasteiger partial charge in [0.15, 0.2) is 5.82 Å². The number of aromatic nitrogens is 3. The van der Waals surface area contributed by atoms with E-state index in [2.05, 4.69) is 42.2 Å². The quantitative estimate of drug-likeness (QED) is 0.586. The van der Waals surface area contributed by atoms with Crippen LogP contribution in [0.5, 0.6) is 0 Å². The molecule has 0 radical (unpaired) electrons. The van der Waals surface area contributed by atoms with Gasteiger partial charge in [0.05, 0.1) is 5.56 Å². The summed E-state index contributed by atoms with van der Waals surface area (Å²) in [4.78, 5) is 0. The molecule has 0 fully saturated rings. The molecule has 3 aromatic rings. The third kappa shape index (κ3) is 3.22. The van der Waals surface area contributed by atoms with E-state index in [1.54, 1.807) is 18.2 Å². The molecule has 0 saturated heterocycles. The standard InChI is InChI=1S/C17H17FN4S/c1-11-7-8-12(2)13(9-11)10-23-17-21-20-16(22(17)19)14-5-3-4-6-15(14)18/h3-9H,10,19H2,1-2H3. The maximum absolute atomic E-state index is 13.9. The summed E-state index contributed by atoms with van der Waals surface area (Å²) in [6, 6.07) is 12.7. The maximum atomic E-state index is 13.9. The predicted octanol–water partition coefficient (Wildman–Crippen LogP) is 3.71. The van der Waals surface area contributed by atoms with Crippen molar-refractivity contribution in [3.63, 3.8) is 0 Å². The number of thioether (sulfide) groups is 1. The van der Waals surface area contributed by atoms with Crippen molar-refractivity contribution in [1.82, 2.24) is 14.9 Å². The van der Waals surface area contributed by atoms with Gasteiger partial charge in [-0.05, 0) is 37.1 Å². The highest BCUT2D eigenvalue weighted by atomic mass is 32.2. The number of hydrogen-bond donors (Lipinski definition) is 1. The number of rotatable bonds is 4. The van der Waals surface area contributed by atoms with Crippen molar-refractivity contribution in [3.8, 4) is 11.4 Å². The zero-order valence-electron chi connectivity index (χ0n) is 13.0. The number of halogens is 1. The smallest absolute Gasteiger partial charge is 0.210 e. The van der Waals surface area contributed by atoms with Crippen molar-refractivity contribution in [1.29, 1.82) is 0 Å². The highest BCUT2D eigenvalue weighted by molar-refractivity contribution is 7.98. The molecule has 0 aliphatic heterocycles. The zero-order valence-corrected chi connectivity index (χ0v) is 13.8. The molecular weight excluding hydrogens is 311 g/mol. The van der Waals surface area contributed by atoms with Gasteiger partial charge in [0.25, 0.3) is 0 Å². The molecule has 3 rings (SSSR count). The van der Waals surface area contributed by atoms with Crippen LogP contribution in [0.15, 0.2) is 47.6 Å². The largest absolute Gasteiger partial charge is 0.335 e. The fourth-order valence-electron chi connectivity index (χ4n) is 2.30. The Hall–Kier alpha value is -2.34. The van der Waals surface area contributed by atoms with Gasteiger partial charge < -0.3 is 5.84 Å². The summed E-state index contributed by atoms with van der Waals surface area (Å²) in [6.07, 6.45) is 0. The number of benzene rings is 2. The molecule has 2 N–H and O–H groups in total. The number of nitrogens with two attached hydrogens (primary N) is 1. The zero-order chi connectivity index (χ0) is 16.4. The summed E-state index contributed by atoms with van der Waals surface area (Å²) in [7, 11) is 0. The van der Waals surface area contributed by atoms with E-state index in [9.17, 15) is 4.39 Å². The summed E-state index contributed by atoms with van der Waals surface area (Å²) >= 11 is 1.49. The lowest BCUT2D eigenvalue weighted by atomic mass is 10.1. The lowest BCUT2D eigenvalue weighted by molar-refractivity contribution is 0.629. The number of aryl methyl sites for hydroxylation is 2. The van der Waals surface area contributed by atoms with Crippen LogP contribution >= 0.6 is 11.8 Å². The van der Waals surface area contributed by atoms with Crippen LogP contribution in [0.3, 0.4) is 0 Å². The topological polar surface area (TPSA) is 56.7 Å². The SMILES string of the molecule is Cc1ccc(C)c(CSc2nnc(-c3ccccc3F)n2N)c1. The van der Waals surface area contributed by atoms with Gasteiger partial charge in [-0.3, -0.25) is 0 Å². The second-order valence-electron chi connectivity index (χ2n) is 5.37. The van der Waals surface area contributed by atoms with Gasteiger partial charge in [-0.15, -0.1) is 10.2 Å². The number of nitrogens with zero attached hydrogens (tertiary/aromatic N) is 3. The van der Waals surface area contributed by atoms with Crippen molar-refractivity contribution in [2.45, 2.75) is 24.8 Å². The third-order valence-electron chi connectivity index (χ3n) is 3.64. The van der Waals surface area contributed by atoms with Gasteiger partial charge in [0, 0.05) is 5.75 Å². The minimum atomic E-state index is -0.363. The van der Waals surface area contributed by atoms with Gasteiger partial charge in [-0.25, -0.2) is 9.07 Å². The first-order valence-corrected chi connectivity index (χ1v) is 8.19. The minimum absolute atomic E-state index is 0.326. The molecule has 23 heavy (non-hydrogen) atoms. The van der Waals surface area contributed by atoms with Crippen molar-refractivity contribution in [2.75, 3.05) is 5.84 Å². The first-order chi connectivity index (χ1) is 11.1. The van der Waals surface area contributed by atoms with Gasteiger partial charge in [0.1, 0.15) is 5.82 Å². The Morgan fingerprint density at radius 3 is 2.70 bits per heavy atom. The molecule has 0 bridgehead atoms. The third-order valence-corrected chi connectivity index (χ3v) is 4.63. The first-order valence-electron chi connectivity index (χ1n) is 7.20. The Balaban J connectivity index is 1.83. The van der Waals surface area contributed by atoms with Crippen molar-refractivity contribution < 1.29 is 4.39 Å². The van der Waals surface area contributed by atoms with E-state index in [1.165, 1.54) is 39.2 Å². The summed E-state index contributed by atoms with van der Waals surface area (Å²) in [5.41, 5.74) is 4.01. The van der Waals surface area contributed by atoms with Gasteiger partial charge in [-0.1, -0.05) is 47.7 Å².